The molecule has 0 aliphatic rings. The van der Waals surface area contributed by atoms with E-state index in [-0.39, 0.29) is 0 Å². The van der Waals surface area contributed by atoms with Crippen LogP contribution in [0.5, 0.6) is 0 Å². The molecule has 0 unspecified atom stereocenters. The van der Waals surface area contributed by atoms with E-state index < -0.39 is 0 Å². The van der Waals surface area contributed by atoms with Gasteiger partial charge in [0.25, 0.3) is 0 Å². The van der Waals surface area contributed by atoms with Gasteiger partial charge in [0, 0.05) is 5.57 Å². The van der Waals surface area contributed by atoms with Crippen molar-refractivity contribution in [3.8, 4) is 0 Å². The quantitative estimate of drug-likeness (QED) is 0.629. The molecule has 0 saturated carbocycles. The zero-order chi connectivity index (χ0) is 9.72. The molecule has 0 rings (SSSR count). The molecular formula is C10H18N2. The van der Waals surface area contributed by atoms with E-state index in [1.165, 1.54) is 0 Å². The first-order chi connectivity index (χ1) is 5.45. The molecule has 2 heteroatoms. The molecule has 0 atom stereocenters. The Morgan fingerprint density at radius 2 is 1.83 bits per heavy atom. The Labute approximate surface area is 74.6 Å². The summed E-state index contributed by atoms with van der Waals surface area (Å²) in [5.74, 6) is 0.832. The molecule has 0 saturated heterocycles. The van der Waals surface area contributed by atoms with Crippen LogP contribution in [-0.2, 0) is 0 Å². The lowest BCUT2D eigenvalue weighted by Gasteiger charge is -2.03. The zero-order valence-corrected chi connectivity index (χ0v) is 8.09. The highest BCUT2D eigenvalue weighted by atomic mass is 14.8. The maximum Gasteiger partial charge on any atom is 0.101 e. The van der Waals surface area contributed by atoms with Crippen molar-refractivity contribution in [2.75, 3.05) is 0 Å². The van der Waals surface area contributed by atoms with Gasteiger partial charge in [0.2, 0.25) is 0 Å². The first kappa shape index (κ1) is 10.8. The van der Waals surface area contributed by atoms with Crippen LogP contribution in [0.4, 0.5) is 0 Å². The van der Waals surface area contributed by atoms with Gasteiger partial charge in [-0.05, 0) is 18.4 Å². The second kappa shape index (κ2) is 4.65. The lowest BCUT2D eigenvalue weighted by Crippen LogP contribution is -2.11. The van der Waals surface area contributed by atoms with Gasteiger partial charge in [0.05, 0.1) is 0 Å². The van der Waals surface area contributed by atoms with Gasteiger partial charge in [0.1, 0.15) is 5.82 Å². The van der Waals surface area contributed by atoms with Gasteiger partial charge in [-0.3, -0.25) is 0 Å². The molecule has 0 radical (unpaired) electrons. The zero-order valence-electron chi connectivity index (χ0n) is 8.09. The molecule has 0 aliphatic carbocycles. The molecule has 0 spiro atoms. The van der Waals surface area contributed by atoms with E-state index in [2.05, 4.69) is 20.4 Å². The van der Waals surface area contributed by atoms with E-state index in [0.29, 0.717) is 11.7 Å². The predicted octanol–water partition coefficient (Wildman–Crippen LogP) is 1.90. The fraction of sp³-hybridized carbons (Fsp3) is 0.400. The molecular weight excluding hydrogens is 148 g/mol. The van der Waals surface area contributed by atoms with E-state index in [1.807, 2.05) is 19.1 Å². The highest BCUT2D eigenvalue weighted by molar-refractivity contribution is 5.38. The Hall–Kier alpha value is -1.18. The normalized spacial score (nSPS) is 10.7. The van der Waals surface area contributed by atoms with Crippen LogP contribution in [0, 0.1) is 5.92 Å². The average molecular weight is 166 g/mol. The van der Waals surface area contributed by atoms with Crippen molar-refractivity contribution in [3.05, 3.63) is 35.7 Å². The fourth-order valence-corrected chi connectivity index (χ4v) is 0.774. The van der Waals surface area contributed by atoms with E-state index in [0.717, 1.165) is 11.1 Å². The van der Waals surface area contributed by atoms with Crippen LogP contribution >= 0.6 is 0 Å². The largest absolute Gasteiger partial charge is 0.385 e. The van der Waals surface area contributed by atoms with Crippen LogP contribution in [-0.4, -0.2) is 0 Å². The van der Waals surface area contributed by atoms with E-state index in [4.69, 9.17) is 11.5 Å². The van der Waals surface area contributed by atoms with Gasteiger partial charge >= 0.3 is 0 Å². The van der Waals surface area contributed by atoms with Crippen molar-refractivity contribution < 1.29 is 0 Å². The smallest absolute Gasteiger partial charge is 0.101 e. The van der Waals surface area contributed by atoms with Crippen LogP contribution < -0.4 is 11.5 Å². The van der Waals surface area contributed by atoms with Gasteiger partial charge in [-0.2, -0.15) is 0 Å². The van der Waals surface area contributed by atoms with Crippen molar-refractivity contribution >= 4 is 0 Å². The minimum atomic E-state index is 0.333. The summed E-state index contributed by atoms with van der Waals surface area (Å²) >= 11 is 0. The Morgan fingerprint density at radius 1 is 1.33 bits per heavy atom. The summed E-state index contributed by atoms with van der Waals surface area (Å²) < 4.78 is 0. The number of hydrogen-bond acceptors (Lipinski definition) is 2. The number of allylic oxidation sites excluding steroid dienone is 4. The average Bonchev–Trinajstić information content (AvgIpc) is 1.84. The van der Waals surface area contributed by atoms with E-state index in [1.54, 1.807) is 0 Å². The van der Waals surface area contributed by atoms with Crippen LogP contribution in [0.25, 0.3) is 0 Å². The molecule has 2 nitrogen and oxygen atoms in total. The Kier molecular flexibility index (Phi) is 4.19. The van der Waals surface area contributed by atoms with Gasteiger partial charge in [-0.25, -0.2) is 0 Å². The number of nitrogens with two attached hydrogens (primary N) is 2. The molecule has 0 aromatic carbocycles. The van der Waals surface area contributed by atoms with Crippen LogP contribution in [0.3, 0.4) is 0 Å². The summed E-state index contributed by atoms with van der Waals surface area (Å²) in [5.41, 5.74) is 12.7. The lowest BCUT2D eigenvalue weighted by molar-refractivity contribution is 0.830. The monoisotopic (exact) mass is 166 g/mol. The van der Waals surface area contributed by atoms with E-state index in [9.17, 15) is 0 Å². The third kappa shape index (κ3) is 3.86. The Balaban J connectivity index is 4.59. The topological polar surface area (TPSA) is 52.0 Å². The maximum absolute atomic E-state index is 5.47. The Bertz CT molecular complexity index is 218. The molecule has 0 aromatic heterocycles. The molecule has 0 aliphatic heterocycles. The summed E-state index contributed by atoms with van der Waals surface area (Å²) in [6.07, 6.45) is 3.96. The maximum atomic E-state index is 5.47. The Morgan fingerprint density at radius 3 is 2.08 bits per heavy atom. The van der Waals surface area contributed by atoms with E-state index >= 15 is 0 Å². The third-order valence-electron chi connectivity index (χ3n) is 1.42. The molecule has 4 N–H and O–H groups in total. The number of rotatable bonds is 3. The molecule has 0 bridgehead atoms. The molecule has 0 heterocycles. The predicted molar refractivity (Wildman–Crippen MR) is 54.2 cm³/mol. The summed E-state index contributed by atoms with van der Waals surface area (Å²) in [4.78, 5) is 0. The van der Waals surface area contributed by atoms with Crippen molar-refractivity contribution in [1.82, 2.24) is 0 Å². The second-order valence-electron chi connectivity index (χ2n) is 3.25. The van der Waals surface area contributed by atoms with Crippen LogP contribution in [0.1, 0.15) is 20.8 Å². The standard InChI is InChI=1S/C10H18N2/c1-7(2)5-6-9(8(3)4)10(11)12/h5-7H,3,11-12H2,1-2,4H3/b6-5-. The highest BCUT2D eigenvalue weighted by Gasteiger charge is 1.97. The first-order valence-corrected chi connectivity index (χ1v) is 4.04. The fourth-order valence-electron chi connectivity index (χ4n) is 0.774. The second-order valence-corrected chi connectivity index (χ2v) is 3.25. The minimum Gasteiger partial charge on any atom is -0.385 e. The van der Waals surface area contributed by atoms with Crippen molar-refractivity contribution in [2.24, 2.45) is 17.4 Å². The van der Waals surface area contributed by atoms with Crippen LogP contribution in [0.2, 0.25) is 0 Å². The van der Waals surface area contributed by atoms with Crippen molar-refractivity contribution in [1.29, 1.82) is 0 Å². The minimum absolute atomic E-state index is 0.333. The van der Waals surface area contributed by atoms with Gasteiger partial charge in [0.15, 0.2) is 0 Å². The number of hydrogen-bond donors (Lipinski definition) is 2. The summed E-state index contributed by atoms with van der Waals surface area (Å²) in [6, 6.07) is 0. The molecule has 0 amide bonds. The third-order valence-corrected chi connectivity index (χ3v) is 1.42. The van der Waals surface area contributed by atoms with Crippen molar-refractivity contribution in [2.45, 2.75) is 20.8 Å². The van der Waals surface area contributed by atoms with Gasteiger partial charge < -0.3 is 11.5 Å². The highest BCUT2D eigenvalue weighted by Crippen LogP contribution is 2.10. The lowest BCUT2D eigenvalue weighted by atomic mass is 10.1. The van der Waals surface area contributed by atoms with Crippen molar-refractivity contribution in [3.63, 3.8) is 0 Å². The summed E-state index contributed by atoms with van der Waals surface area (Å²) in [5, 5.41) is 0. The van der Waals surface area contributed by atoms with Gasteiger partial charge in [-0.15, -0.1) is 0 Å². The molecule has 68 valence electrons. The first-order valence-electron chi connectivity index (χ1n) is 4.04. The van der Waals surface area contributed by atoms with Gasteiger partial charge in [-0.1, -0.05) is 32.6 Å². The van der Waals surface area contributed by atoms with Crippen LogP contribution in [0.15, 0.2) is 35.7 Å². The molecule has 12 heavy (non-hydrogen) atoms. The summed E-state index contributed by atoms with van der Waals surface area (Å²) in [7, 11) is 0. The molecule has 0 fully saturated rings. The molecule has 0 aromatic rings. The summed E-state index contributed by atoms with van der Waals surface area (Å²) in [6.45, 7) is 9.87. The SMILES string of the molecule is C=C(C)C(/C=C\C(C)C)=C(N)N.